The Morgan fingerprint density at radius 2 is 2.24 bits per heavy atom. The van der Waals surface area contributed by atoms with E-state index in [0.717, 1.165) is 5.56 Å². The van der Waals surface area contributed by atoms with Gasteiger partial charge in [-0.3, -0.25) is 10.2 Å². The maximum atomic E-state index is 13.6. The molecule has 0 bridgehead atoms. The molecule has 2 atom stereocenters. The first-order valence-corrected chi connectivity index (χ1v) is 5.49. The van der Waals surface area contributed by atoms with E-state index >= 15 is 0 Å². The third-order valence-electron chi connectivity index (χ3n) is 2.98. The molecule has 0 aromatic heterocycles. The van der Waals surface area contributed by atoms with Gasteiger partial charge in [0.25, 0.3) is 0 Å². The van der Waals surface area contributed by atoms with Crippen molar-refractivity contribution >= 4 is 5.91 Å². The minimum Gasteiger partial charge on any atom is -0.494 e. The Bertz CT molecular complexity index is 437. The van der Waals surface area contributed by atoms with Crippen LogP contribution in [0.4, 0.5) is 4.39 Å². The lowest BCUT2D eigenvalue weighted by Crippen LogP contribution is -2.48. The van der Waals surface area contributed by atoms with Crippen molar-refractivity contribution < 1.29 is 13.9 Å². The van der Waals surface area contributed by atoms with E-state index in [-0.39, 0.29) is 23.6 Å². The normalized spacial score (nSPS) is 24.3. The fourth-order valence-corrected chi connectivity index (χ4v) is 2.05. The topological polar surface area (TPSA) is 50.4 Å². The van der Waals surface area contributed by atoms with Gasteiger partial charge >= 0.3 is 0 Å². The molecule has 1 saturated heterocycles. The molecule has 1 aromatic carbocycles. The summed E-state index contributed by atoms with van der Waals surface area (Å²) in [4.78, 5) is 11.2. The number of halogens is 1. The Hall–Kier alpha value is -1.62. The number of nitrogens with one attached hydrogen (secondary N) is 2. The predicted octanol–water partition coefficient (Wildman–Crippen LogP) is 1.54. The molecule has 2 N–H and O–H groups in total. The van der Waals surface area contributed by atoms with Gasteiger partial charge in [0.15, 0.2) is 11.6 Å². The minimum atomic E-state index is -0.393. The lowest BCUT2D eigenvalue weighted by atomic mass is 9.91. The highest BCUT2D eigenvalue weighted by Gasteiger charge is 2.27. The zero-order valence-corrected chi connectivity index (χ0v) is 9.79. The second kappa shape index (κ2) is 4.71. The number of methoxy groups -OCH3 is 1. The summed E-state index contributed by atoms with van der Waals surface area (Å²) in [5.41, 5.74) is 6.26. The quantitative estimate of drug-likeness (QED) is 0.821. The van der Waals surface area contributed by atoms with Crippen LogP contribution >= 0.6 is 0 Å². The highest BCUT2D eigenvalue weighted by atomic mass is 19.1. The largest absolute Gasteiger partial charge is 0.494 e. The average molecular weight is 238 g/mol. The van der Waals surface area contributed by atoms with Crippen LogP contribution in [-0.2, 0) is 4.79 Å². The lowest BCUT2D eigenvalue weighted by Gasteiger charge is -2.30. The molecule has 1 fully saturated rings. The molecule has 1 amide bonds. The minimum absolute atomic E-state index is 0.0391. The van der Waals surface area contributed by atoms with E-state index in [4.69, 9.17) is 4.74 Å². The number of hydrazine groups is 1. The summed E-state index contributed by atoms with van der Waals surface area (Å²) in [5.74, 6) is -0.0866. The summed E-state index contributed by atoms with van der Waals surface area (Å²) in [5, 5.41) is 0. The molecule has 2 unspecified atom stereocenters. The molecule has 4 nitrogen and oxygen atoms in total. The van der Waals surface area contributed by atoms with Crippen LogP contribution in [0.5, 0.6) is 5.75 Å². The molecule has 1 aliphatic heterocycles. The molecule has 0 saturated carbocycles. The van der Waals surface area contributed by atoms with Gasteiger partial charge < -0.3 is 4.74 Å². The van der Waals surface area contributed by atoms with Gasteiger partial charge in [0.2, 0.25) is 5.91 Å². The monoisotopic (exact) mass is 238 g/mol. The number of carbonyl (C=O) groups is 1. The second-order valence-electron chi connectivity index (χ2n) is 4.25. The van der Waals surface area contributed by atoms with E-state index in [1.807, 2.05) is 6.92 Å². The summed E-state index contributed by atoms with van der Waals surface area (Å²) in [7, 11) is 1.43. The van der Waals surface area contributed by atoms with Gasteiger partial charge in [0, 0.05) is 6.42 Å². The SMILES string of the molecule is COc1ccc(C2NNC(=O)CC2C)cc1F. The van der Waals surface area contributed by atoms with Crippen molar-refractivity contribution in [3.63, 3.8) is 0 Å². The fraction of sp³-hybridized carbons (Fsp3) is 0.417. The van der Waals surface area contributed by atoms with E-state index in [0.29, 0.717) is 6.42 Å². The number of benzene rings is 1. The highest BCUT2D eigenvalue weighted by Crippen LogP contribution is 2.29. The summed E-state index contributed by atoms with van der Waals surface area (Å²) in [6.45, 7) is 1.96. The molecular weight excluding hydrogens is 223 g/mol. The van der Waals surface area contributed by atoms with Crippen LogP contribution in [0, 0.1) is 11.7 Å². The van der Waals surface area contributed by atoms with Crippen LogP contribution in [0.15, 0.2) is 18.2 Å². The van der Waals surface area contributed by atoms with E-state index in [1.54, 1.807) is 12.1 Å². The second-order valence-corrected chi connectivity index (χ2v) is 4.25. The van der Waals surface area contributed by atoms with Crippen LogP contribution in [0.3, 0.4) is 0 Å². The summed E-state index contributed by atoms with van der Waals surface area (Å²) < 4.78 is 18.4. The first kappa shape index (κ1) is 11.9. The van der Waals surface area contributed by atoms with Gasteiger partial charge in [-0.1, -0.05) is 13.0 Å². The van der Waals surface area contributed by atoms with E-state index in [2.05, 4.69) is 10.9 Å². The number of hydrogen-bond donors (Lipinski definition) is 2. The van der Waals surface area contributed by atoms with Crippen LogP contribution in [0.2, 0.25) is 0 Å². The van der Waals surface area contributed by atoms with Gasteiger partial charge in [-0.2, -0.15) is 0 Å². The lowest BCUT2D eigenvalue weighted by molar-refractivity contribution is -0.125. The Morgan fingerprint density at radius 3 is 2.82 bits per heavy atom. The maximum Gasteiger partial charge on any atom is 0.234 e. The zero-order valence-electron chi connectivity index (χ0n) is 9.79. The van der Waals surface area contributed by atoms with Crippen molar-refractivity contribution in [2.75, 3.05) is 7.11 Å². The molecule has 0 aliphatic carbocycles. The molecule has 1 heterocycles. The Labute approximate surface area is 99.1 Å². The van der Waals surface area contributed by atoms with Crippen molar-refractivity contribution in [2.24, 2.45) is 5.92 Å². The van der Waals surface area contributed by atoms with E-state index < -0.39 is 5.82 Å². The molecule has 2 rings (SSSR count). The fourth-order valence-electron chi connectivity index (χ4n) is 2.05. The number of amides is 1. The Morgan fingerprint density at radius 1 is 1.47 bits per heavy atom. The third-order valence-corrected chi connectivity index (χ3v) is 2.98. The molecular formula is C12H15FN2O2. The summed E-state index contributed by atoms with van der Waals surface area (Å²) in [6.07, 6.45) is 0.436. The Balaban J connectivity index is 2.22. The summed E-state index contributed by atoms with van der Waals surface area (Å²) in [6, 6.07) is 4.75. The molecule has 1 aromatic rings. The molecule has 5 heteroatoms. The average Bonchev–Trinajstić information content (AvgIpc) is 2.29. The van der Waals surface area contributed by atoms with Gasteiger partial charge in [-0.05, 0) is 23.6 Å². The molecule has 0 spiro atoms. The van der Waals surface area contributed by atoms with Crippen LogP contribution < -0.4 is 15.6 Å². The third kappa shape index (κ3) is 2.39. The van der Waals surface area contributed by atoms with E-state index in [1.165, 1.54) is 13.2 Å². The first-order valence-electron chi connectivity index (χ1n) is 5.49. The van der Waals surface area contributed by atoms with Crippen molar-refractivity contribution in [3.8, 4) is 5.75 Å². The molecule has 0 radical (unpaired) electrons. The first-order chi connectivity index (χ1) is 8.11. The standard InChI is InChI=1S/C12H15FN2O2/c1-7-5-11(16)14-15-12(7)8-3-4-10(17-2)9(13)6-8/h3-4,6-7,12,15H,5H2,1-2H3,(H,14,16). The molecule has 1 aliphatic rings. The van der Waals surface area contributed by atoms with Gasteiger partial charge in [0.1, 0.15) is 0 Å². The van der Waals surface area contributed by atoms with Crippen LogP contribution in [0.25, 0.3) is 0 Å². The van der Waals surface area contributed by atoms with E-state index in [9.17, 15) is 9.18 Å². The maximum absolute atomic E-state index is 13.6. The number of hydrogen-bond acceptors (Lipinski definition) is 3. The van der Waals surface area contributed by atoms with Crippen molar-refractivity contribution in [2.45, 2.75) is 19.4 Å². The van der Waals surface area contributed by atoms with Crippen molar-refractivity contribution in [1.82, 2.24) is 10.9 Å². The predicted molar refractivity (Wildman–Crippen MR) is 60.8 cm³/mol. The number of rotatable bonds is 2. The van der Waals surface area contributed by atoms with Crippen molar-refractivity contribution in [1.29, 1.82) is 0 Å². The number of ether oxygens (including phenoxy) is 1. The molecule has 17 heavy (non-hydrogen) atoms. The van der Waals surface area contributed by atoms with Crippen LogP contribution in [0.1, 0.15) is 24.9 Å². The van der Waals surface area contributed by atoms with Crippen molar-refractivity contribution in [3.05, 3.63) is 29.6 Å². The molecule has 92 valence electrons. The van der Waals surface area contributed by atoms with Gasteiger partial charge in [-0.25, -0.2) is 9.82 Å². The van der Waals surface area contributed by atoms with Crippen LogP contribution in [-0.4, -0.2) is 13.0 Å². The number of carbonyl (C=O) groups excluding carboxylic acids is 1. The van der Waals surface area contributed by atoms with Gasteiger partial charge in [0.05, 0.1) is 13.2 Å². The summed E-state index contributed by atoms with van der Waals surface area (Å²) >= 11 is 0. The highest BCUT2D eigenvalue weighted by molar-refractivity contribution is 5.76. The van der Waals surface area contributed by atoms with Gasteiger partial charge in [-0.15, -0.1) is 0 Å². The zero-order chi connectivity index (χ0) is 12.4. The smallest absolute Gasteiger partial charge is 0.234 e. The Kier molecular flexibility index (Phi) is 3.28.